The van der Waals surface area contributed by atoms with Crippen molar-refractivity contribution in [2.75, 3.05) is 13.1 Å². The third-order valence-corrected chi connectivity index (χ3v) is 2.31. The fourth-order valence-electron chi connectivity index (χ4n) is 1.10. The van der Waals surface area contributed by atoms with E-state index in [9.17, 15) is 27.2 Å². The van der Waals surface area contributed by atoms with Crippen LogP contribution >= 0.6 is 0 Å². The fraction of sp³-hybridized carbons (Fsp3) is 0.833. The van der Waals surface area contributed by atoms with Crippen LogP contribution in [0.15, 0.2) is 0 Å². The van der Waals surface area contributed by atoms with Crippen LogP contribution in [0.1, 0.15) is 27.7 Å². The van der Waals surface area contributed by atoms with Crippen LogP contribution in [0.5, 0.6) is 0 Å². The predicted molar refractivity (Wildman–Crippen MR) is 65.6 cm³/mol. The molecule has 0 aromatic heterocycles. The SMILES string of the molecule is CC(C)CNC(=O)C(F)(F)C(F)(F)C(=O)NCC(C)C. The van der Waals surface area contributed by atoms with Gasteiger partial charge in [0.25, 0.3) is 11.8 Å². The molecule has 8 heteroatoms. The lowest BCUT2D eigenvalue weighted by Gasteiger charge is -2.25. The summed E-state index contributed by atoms with van der Waals surface area (Å²) in [6, 6.07) is 0. The molecule has 0 radical (unpaired) electrons. The lowest BCUT2D eigenvalue weighted by molar-refractivity contribution is -0.211. The van der Waals surface area contributed by atoms with Gasteiger partial charge in [-0.15, -0.1) is 0 Å². The van der Waals surface area contributed by atoms with Gasteiger partial charge in [0.05, 0.1) is 0 Å². The molecule has 0 spiro atoms. The molecule has 2 amide bonds. The molecule has 0 saturated carbocycles. The number of alkyl halides is 4. The first-order valence-electron chi connectivity index (χ1n) is 6.25. The van der Waals surface area contributed by atoms with E-state index >= 15 is 0 Å². The van der Waals surface area contributed by atoms with Gasteiger partial charge in [0.15, 0.2) is 0 Å². The van der Waals surface area contributed by atoms with Crippen molar-refractivity contribution in [2.45, 2.75) is 39.5 Å². The van der Waals surface area contributed by atoms with Gasteiger partial charge in [0.1, 0.15) is 0 Å². The maximum absolute atomic E-state index is 13.4. The molecule has 0 rings (SSSR count). The molecular weight excluding hydrogens is 280 g/mol. The molecule has 0 saturated heterocycles. The van der Waals surface area contributed by atoms with Crippen molar-refractivity contribution in [1.82, 2.24) is 10.6 Å². The van der Waals surface area contributed by atoms with E-state index in [1.54, 1.807) is 38.3 Å². The van der Waals surface area contributed by atoms with Crippen LogP contribution < -0.4 is 10.6 Å². The zero-order valence-corrected chi connectivity index (χ0v) is 11.9. The van der Waals surface area contributed by atoms with Crippen LogP contribution in [0.25, 0.3) is 0 Å². The molecular formula is C12H20F4N2O2. The highest BCUT2D eigenvalue weighted by Crippen LogP contribution is 2.34. The maximum atomic E-state index is 13.4. The molecule has 0 aliphatic rings. The molecule has 0 bridgehead atoms. The molecule has 0 unspecified atom stereocenters. The summed E-state index contributed by atoms with van der Waals surface area (Å²) in [6.45, 7) is 6.10. The number of amides is 2. The van der Waals surface area contributed by atoms with Gasteiger partial charge in [-0.25, -0.2) is 0 Å². The standard InChI is InChI=1S/C12H20F4N2O2/c1-7(2)5-17-9(19)11(13,14)12(15,16)10(20)18-6-8(3)4/h7-8H,5-6H2,1-4H3,(H,17,19)(H,18,20). The van der Waals surface area contributed by atoms with Crippen LogP contribution in [0.2, 0.25) is 0 Å². The molecule has 4 nitrogen and oxygen atoms in total. The Bertz CT molecular complexity index is 323. The van der Waals surface area contributed by atoms with Crippen molar-refractivity contribution in [1.29, 1.82) is 0 Å². The van der Waals surface area contributed by atoms with E-state index in [4.69, 9.17) is 0 Å². The third-order valence-electron chi connectivity index (χ3n) is 2.31. The maximum Gasteiger partial charge on any atom is 0.395 e. The highest BCUT2D eigenvalue weighted by molar-refractivity contribution is 5.95. The molecule has 118 valence electrons. The first-order valence-corrected chi connectivity index (χ1v) is 6.25. The van der Waals surface area contributed by atoms with Gasteiger partial charge in [-0.05, 0) is 11.8 Å². The monoisotopic (exact) mass is 300 g/mol. The van der Waals surface area contributed by atoms with Crippen LogP contribution in [0.4, 0.5) is 17.6 Å². The molecule has 0 fully saturated rings. The van der Waals surface area contributed by atoms with Gasteiger partial charge in [0, 0.05) is 13.1 Å². The molecule has 0 atom stereocenters. The molecule has 0 aromatic rings. The van der Waals surface area contributed by atoms with E-state index in [1.165, 1.54) is 0 Å². The second-order valence-electron chi connectivity index (χ2n) is 5.36. The average Bonchev–Trinajstić information content (AvgIpc) is 2.32. The van der Waals surface area contributed by atoms with E-state index in [2.05, 4.69) is 0 Å². The van der Waals surface area contributed by atoms with Crippen LogP contribution in [-0.2, 0) is 9.59 Å². The Kier molecular flexibility index (Phi) is 6.43. The normalized spacial score (nSPS) is 12.7. The number of carbonyl (C=O) groups is 2. The molecule has 0 aliphatic heterocycles. The van der Waals surface area contributed by atoms with E-state index in [-0.39, 0.29) is 24.9 Å². The number of nitrogens with one attached hydrogen (secondary N) is 2. The zero-order chi connectivity index (χ0) is 16.1. The minimum Gasteiger partial charge on any atom is -0.350 e. The van der Waals surface area contributed by atoms with Crippen molar-refractivity contribution in [3.05, 3.63) is 0 Å². The first-order chi connectivity index (χ1) is 8.92. The molecule has 0 heterocycles. The molecule has 2 N–H and O–H groups in total. The first kappa shape index (κ1) is 18.7. The van der Waals surface area contributed by atoms with Gasteiger partial charge >= 0.3 is 11.8 Å². The summed E-state index contributed by atoms with van der Waals surface area (Å²) in [5.74, 6) is -14.9. The fourth-order valence-corrected chi connectivity index (χ4v) is 1.10. The Balaban J connectivity index is 4.86. The predicted octanol–water partition coefficient (Wildman–Crippen LogP) is 1.80. The zero-order valence-electron chi connectivity index (χ0n) is 11.9. The summed E-state index contributed by atoms with van der Waals surface area (Å²) in [5.41, 5.74) is 0. The molecule has 0 aliphatic carbocycles. The highest BCUT2D eigenvalue weighted by atomic mass is 19.3. The second-order valence-corrected chi connectivity index (χ2v) is 5.36. The smallest absolute Gasteiger partial charge is 0.350 e. The molecule has 0 aromatic carbocycles. The van der Waals surface area contributed by atoms with Crippen molar-refractivity contribution in [2.24, 2.45) is 11.8 Å². The van der Waals surface area contributed by atoms with Crippen molar-refractivity contribution < 1.29 is 27.2 Å². The van der Waals surface area contributed by atoms with Gasteiger partial charge in [0.2, 0.25) is 0 Å². The number of hydrogen-bond acceptors (Lipinski definition) is 2. The summed E-state index contributed by atoms with van der Waals surface area (Å²) in [6.07, 6.45) is 0. The van der Waals surface area contributed by atoms with Crippen LogP contribution in [-0.4, -0.2) is 36.7 Å². The third kappa shape index (κ3) is 4.64. The van der Waals surface area contributed by atoms with E-state index in [0.29, 0.717) is 0 Å². The largest absolute Gasteiger partial charge is 0.395 e. The van der Waals surface area contributed by atoms with Crippen LogP contribution in [0.3, 0.4) is 0 Å². The van der Waals surface area contributed by atoms with Crippen molar-refractivity contribution in [3.63, 3.8) is 0 Å². The Labute approximate surface area is 115 Å². The Morgan fingerprint density at radius 3 is 1.25 bits per heavy atom. The minimum atomic E-state index is -5.09. The van der Waals surface area contributed by atoms with Crippen molar-refractivity contribution in [3.8, 4) is 0 Å². The van der Waals surface area contributed by atoms with E-state index in [1.807, 2.05) is 0 Å². The Morgan fingerprint density at radius 1 is 0.800 bits per heavy atom. The lowest BCUT2D eigenvalue weighted by atomic mass is 10.1. The Hall–Kier alpha value is -1.34. The van der Waals surface area contributed by atoms with Gasteiger partial charge in [-0.3, -0.25) is 9.59 Å². The van der Waals surface area contributed by atoms with Gasteiger partial charge in [-0.1, -0.05) is 27.7 Å². The summed E-state index contributed by atoms with van der Waals surface area (Å²) in [7, 11) is 0. The summed E-state index contributed by atoms with van der Waals surface area (Å²) >= 11 is 0. The van der Waals surface area contributed by atoms with E-state index in [0.717, 1.165) is 0 Å². The number of rotatable bonds is 7. The molecule has 20 heavy (non-hydrogen) atoms. The van der Waals surface area contributed by atoms with Crippen LogP contribution in [0, 0.1) is 11.8 Å². The van der Waals surface area contributed by atoms with Gasteiger partial charge in [-0.2, -0.15) is 17.6 Å². The summed E-state index contributed by atoms with van der Waals surface area (Å²) in [4.78, 5) is 22.3. The topological polar surface area (TPSA) is 58.2 Å². The summed E-state index contributed by atoms with van der Waals surface area (Å²) in [5, 5.41) is 3.40. The minimum absolute atomic E-state index is 0.182. The van der Waals surface area contributed by atoms with E-state index < -0.39 is 23.7 Å². The highest BCUT2D eigenvalue weighted by Gasteiger charge is 2.66. The average molecular weight is 300 g/mol. The quantitative estimate of drug-likeness (QED) is 0.704. The Morgan fingerprint density at radius 2 is 1.05 bits per heavy atom. The number of halogens is 4. The lowest BCUT2D eigenvalue weighted by Crippen LogP contribution is -2.60. The number of carbonyl (C=O) groups excluding carboxylic acids is 2. The summed E-state index contributed by atoms with van der Waals surface area (Å²) < 4.78 is 53.6. The number of hydrogen-bond donors (Lipinski definition) is 2. The van der Waals surface area contributed by atoms with Gasteiger partial charge < -0.3 is 10.6 Å². The second kappa shape index (κ2) is 6.90. The van der Waals surface area contributed by atoms with Crippen molar-refractivity contribution >= 4 is 11.8 Å².